The summed E-state index contributed by atoms with van der Waals surface area (Å²) in [5.74, 6) is 0.230. The monoisotopic (exact) mass is 379 g/mol. The first-order valence-corrected chi connectivity index (χ1v) is 9.60. The molecule has 7 heteroatoms. The Morgan fingerprint density at radius 3 is 2.31 bits per heavy atom. The lowest BCUT2D eigenvalue weighted by molar-refractivity contribution is -0.119. The van der Waals surface area contributed by atoms with Crippen LogP contribution in [0.1, 0.15) is 69.2 Å². The average Bonchev–Trinajstić information content (AvgIpc) is 2.64. The van der Waals surface area contributed by atoms with E-state index in [1.165, 1.54) is 12.8 Å². The van der Waals surface area contributed by atoms with Crippen molar-refractivity contribution < 1.29 is 14.3 Å². The molecule has 26 heavy (non-hydrogen) atoms. The lowest BCUT2D eigenvalue weighted by atomic mass is 10.2. The SMILES string of the molecule is CCCCCCOc1ccc(C(=O)NNC(=S)NC(=O)CCCC)cc1. The molecule has 1 aromatic carbocycles. The van der Waals surface area contributed by atoms with Crippen molar-refractivity contribution in [3.63, 3.8) is 0 Å². The first-order valence-electron chi connectivity index (χ1n) is 9.19. The van der Waals surface area contributed by atoms with E-state index in [0.29, 0.717) is 18.6 Å². The van der Waals surface area contributed by atoms with Crippen LogP contribution < -0.4 is 20.9 Å². The summed E-state index contributed by atoms with van der Waals surface area (Å²) in [6, 6.07) is 6.89. The van der Waals surface area contributed by atoms with Gasteiger partial charge in [0.15, 0.2) is 5.11 Å². The Morgan fingerprint density at radius 1 is 0.962 bits per heavy atom. The maximum Gasteiger partial charge on any atom is 0.269 e. The number of nitrogens with one attached hydrogen (secondary N) is 3. The van der Waals surface area contributed by atoms with Gasteiger partial charge in [-0.25, -0.2) is 0 Å². The summed E-state index contributed by atoms with van der Waals surface area (Å²) < 4.78 is 5.65. The van der Waals surface area contributed by atoms with Crippen LogP contribution in [0.15, 0.2) is 24.3 Å². The molecule has 3 N–H and O–H groups in total. The van der Waals surface area contributed by atoms with Crippen molar-refractivity contribution in [2.75, 3.05) is 6.61 Å². The van der Waals surface area contributed by atoms with Crippen LogP contribution in [-0.4, -0.2) is 23.5 Å². The van der Waals surface area contributed by atoms with Crippen molar-refractivity contribution in [3.05, 3.63) is 29.8 Å². The van der Waals surface area contributed by atoms with Crippen LogP contribution in [0.2, 0.25) is 0 Å². The summed E-state index contributed by atoms with van der Waals surface area (Å²) in [5.41, 5.74) is 5.45. The third-order valence-electron chi connectivity index (χ3n) is 3.68. The van der Waals surface area contributed by atoms with E-state index >= 15 is 0 Å². The lowest BCUT2D eigenvalue weighted by Gasteiger charge is -2.11. The molecule has 0 radical (unpaired) electrons. The van der Waals surface area contributed by atoms with E-state index in [9.17, 15) is 9.59 Å². The zero-order chi connectivity index (χ0) is 19.2. The Bertz CT molecular complexity index is 576. The average molecular weight is 380 g/mol. The van der Waals surface area contributed by atoms with Crippen LogP contribution in [0, 0.1) is 0 Å². The third-order valence-corrected chi connectivity index (χ3v) is 3.89. The fourth-order valence-electron chi connectivity index (χ4n) is 2.16. The van der Waals surface area contributed by atoms with E-state index in [-0.39, 0.29) is 16.9 Å². The van der Waals surface area contributed by atoms with E-state index in [0.717, 1.165) is 31.4 Å². The van der Waals surface area contributed by atoms with Gasteiger partial charge in [0, 0.05) is 12.0 Å². The minimum absolute atomic E-state index is 0.0754. The Hall–Kier alpha value is -2.15. The number of carbonyl (C=O) groups is 2. The highest BCUT2D eigenvalue weighted by molar-refractivity contribution is 7.80. The molecule has 0 aliphatic carbocycles. The van der Waals surface area contributed by atoms with Crippen LogP contribution in [0.5, 0.6) is 5.75 Å². The van der Waals surface area contributed by atoms with Crippen LogP contribution in [0.25, 0.3) is 0 Å². The molecule has 1 rings (SSSR count). The molecule has 1 aromatic rings. The third kappa shape index (κ3) is 9.36. The Labute approximate surface area is 161 Å². The maximum atomic E-state index is 12.1. The molecule has 0 aromatic heterocycles. The van der Waals surface area contributed by atoms with Crippen LogP contribution in [-0.2, 0) is 4.79 Å². The van der Waals surface area contributed by atoms with Gasteiger partial charge >= 0.3 is 0 Å². The molecular weight excluding hydrogens is 350 g/mol. The largest absolute Gasteiger partial charge is 0.494 e. The van der Waals surface area contributed by atoms with Gasteiger partial charge in [-0.15, -0.1) is 0 Å². The van der Waals surface area contributed by atoms with E-state index in [2.05, 4.69) is 23.1 Å². The number of hydrazine groups is 1. The van der Waals surface area contributed by atoms with Crippen LogP contribution in [0.4, 0.5) is 0 Å². The van der Waals surface area contributed by atoms with E-state index in [1.807, 2.05) is 6.92 Å². The first-order chi connectivity index (χ1) is 12.6. The van der Waals surface area contributed by atoms with Gasteiger partial charge in [-0.1, -0.05) is 39.5 Å². The number of thiocarbonyl (C=S) groups is 1. The molecule has 0 saturated heterocycles. The Balaban J connectivity index is 2.31. The molecular formula is C19H29N3O3S. The normalized spacial score (nSPS) is 10.1. The fraction of sp³-hybridized carbons (Fsp3) is 0.526. The molecule has 0 spiro atoms. The number of carbonyl (C=O) groups excluding carboxylic acids is 2. The lowest BCUT2D eigenvalue weighted by Crippen LogP contribution is -2.48. The summed E-state index contributed by atoms with van der Waals surface area (Å²) >= 11 is 4.97. The number of rotatable bonds is 10. The molecule has 0 aliphatic heterocycles. The molecule has 0 unspecified atom stereocenters. The summed E-state index contributed by atoms with van der Waals surface area (Å²) in [5, 5.41) is 2.59. The minimum Gasteiger partial charge on any atom is -0.494 e. The summed E-state index contributed by atoms with van der Waals surface area (Å²) in [4.78, 5) is 23.6. The van der Waals surface area contributed by atoms with Gasteiger partial charge < -0.3 is 10.1 Å². The van der Waals surface area contributed by atoms with E-state index < -0.39 is 0 Å². The summed E-state index contributed by atoms with van der Waals surface area (Å²) in [7, 11) is 0. The second-order valence-corrected chi connectivity index (χ2v) is 6.40. The molecule has 0 heterocycles. The predicted molar refractivity (Wildman–Crippen MR) is 107 cm³/mol. The second-order valence-electron chi connectivity index (χ2n) is 5.99. The smallest absolute Gasteiger partial charge is 0.269 e. The number of unbranched alkanes of at least 4 members (excludes halogenated alkanes) is 4. The van der Waals surface area contributed by atoms with Crippen molar-refractivity contribution in [1.29, 1.82) is 0 Å². The minimum atomic E-state index is -0.343. The zero-order valence-electron chi connectivity index (χ0n) is 15.6. The van der Waals surface area contributed by atoms with E-state index in [1.54, 1.807) is 24.3 Å². The topological polar surface area (TPSA) is 79.5 Å². The maximum absolute atomic E-state index is 12.1. The molecule has 0 saturated carbocycles. The molecule has 0 fully saturated rings. The molecule has 0 atom stereocenters. The van der Waals surface area contributed by atoms with Crippen LogP contribution in [0.3, 0.4) is 0 Å². The highest BCUT2D eigenvalue weighted by Crippen LogP contribution is 2.13. The predicted octanol–water partition coefficient (Wildman–Crippen LogP) is 3.47. The van der Waals surface area contributed by atoms with Crippen molar-refractivity contribution in [2.45, 2.75) is 58.8 Å². The van der Waals surface area contributed by atoms with Crippen molar-refractivity contribution in [2.24, 2.45) is 0 Å². The molecule has 0 bridgehead atoms. The van der Waals surface area contributed by atoms with Crippen molar-refractivity contribution in [1.82, 2.24) is 16.2 Å². The summed E-state index contributed by atoms with van der Waals surface area (Å²) in [6.45, 7) is 4.86. The zero-order valence-corrected chi connectivity index (χ0v) is 16.4. The first kappa shape index (κ1) is 21.9. The van der Waals surface area contributed by atoms with Gasteiger partial charge in [-0.05, 0) is 49.3 Å². The van der Waals surface area contributed by atoms with Crippen molar-refractivity contribution >= 4 is 29.1 Å². The quantitative estimate of drug-likeness (QED) is 0.330. The van der Waals surface area contributed by atoms with Gasteiger partial charge in [-0.3, -0.25) is 20.4 Å². The fourth-order valence-corrected chi connectivity index (χ4v) is 2.33. The van der Waals surface area contributed by atoms with E-state index in [4.69, 9.17) is 17.0 Å². The number of hydrogen-bond acceptors (Lipinski definition) is 4. The highest BCUT2D eigenvalue weighted by Gasteiger charge is 2.08. The van der Waals surface area contributed by atoms with Gasteiger partial charge in [-0.2, -0.15) is 0 Å². The molecule has 0 aliphatic rings. The molecule has 2 amide bonds. The Kier molecular flexibility index (Phi) is 11.0. The van der Waals surface area contributed by atoms with Crippen LogP contribution >= 0.6 is 12.2 Å². The van der Waals surface area contributed by atoms with Gasteiger partial charge in [0.05, 0.1) is 6.61 Å². The second kappa shape index (κ2) is 13.1. The number of amides is 2. The molecule has 6 nitrogen and oxygen atoms in total. The Morgan fingerprint density at radius 2 is 1.65 bits per heavy atom. The summed E-state index contributed by atoms with van der Waals surface area (Å²) in [6.07, 6.45) is 6.75. The van der Waals surface area contributed by atoms with Gasteiger partial charge in [0.1, 0.15) is 5.75 Å². The standard InChI is InChI=1S/C19H29N3O3S/c1-3-5-7-8-14-25-16-12-10-15(11-13-16)18(24)21-22-19(26)20-17(23)9-6-4-2/h10-13H,3-9,14H2,1-2H3,(H,21,24)(H2,20,22,23,26). The van der Waals surface area contributed by atoms with Crippen molar-refractivity contribution in [3.8, 4) is 5.75 Å². The van der Waals surface area contributed by atoms with Gasteiger partial charge in [0.2, 0.25) is 5.91 Å². The number of hydrogen-bond donors (Lipinski definition) is 3. The number of benzene rings is 1. The van der Waals surface area contributed by atoms with Gasteiger partial charge in [0.25, 0.3) is 5.91 Å². The highest BCUT2D eigenvalue weighted by atomic mass is 32.1. The number of ether oxygens (including phenoxy) is 1. The molecule has 144 valence electrons.